The zero-order valence-corrected chi connectivity index (χ0v) is 12.5. The summed E-state index contributed by atoms with van der Waals surface area (Å²) in [6.07, 6.45) is 2.61. The molecule has 0 radical (unpaired) electrons. The van der Waals surface area contributed by atoms with Crippen molar-refractivity contribution in [2.45, 2.75) is 11.8 Å². The Morgan fingerprint density at radius 3 is 2.90 bits per heavy atom. The molecule has 0 bridgehead atoms. The van der Waals surface area contributed by atoms with Crippen LogP contribution in [0.25, 0.3) is 10.8 Å². The van der Waals surface area contributed by atoms with Crippen molar-refractivity contribution in [1.29, 1.82) is 0 Å². The van der Waals surface area contributed by atoms with E-state index >= 15 is 0 Å². The normalized spacial score (nSPS) is 12.3. The van der Waals surface area contributed by atoms with Gasteiger partial charge in [0.05, 0.1) is 19.1 Å². The molecule has 5 heteroatoms. The highest BCUT2D eigenvalue weighted by Gasteiger charge is 2.06. The number of methoxy groups -OCH3 is 2. The van der Waals surface area contributed by atoms with Gasteiger partial charge in [-0.3, -0.25) is 0 Å². The molecule has 108 valence electrons. The van der Waals surface area contributed by atoms with E-state index in [2.05, 4.69) is 10.3 Å². The summed E-state index contributed by atoms with van der Waals surface area (Å²) in [5, 5.41) is 5.51. The van der Waals surface area contributed by atoms with Crippen molar-refractivity contribution in [3.8, 4) is 5.75 Å². The summed E-state index contributed by atoms with van der Waals surface area (Å²) >= 11 is 6.10. The minimum absolute atomic E-state index is 0.0163. The Labute approximate surface area is 124 Å². The van der Waals surface area contributed by atoms with Crippen LogP contribution in [0.15, 0.2) is 30.5 Å². The van der Waals surface area contributed by atoms with Crippen molar-refractivity contribution in [2.75, 3.05) is 32.7 Å². The first-order chi connectivity index (χ1) is 9.74. The number of fused-ring (bicyclic) bond motifs is 1. The van der Waals surface area contributed by atoms with Crippen molar-refractivity contribution in [3.63, 3.8) is 0 Å². The summed E-state index contributed by atoms with van der Waals surface area (Å²) in [5.74, 6) is 1.71. The van der Waals surface area contributed by atoms with Gasteiger partial charge in [-0.1, -0.05) is 0 Å². The number of pyridine rings is 1. The summed E-state index contributed by atoms with van der Waals surface area (Å²) in [7, 11) is 3.32. The molecule has 1 atom stereocenters. The fourth-order valence-corrected chi connectivity index (χ4v) is 2.27. The Balaban J connectivity index is 2.06. The lowest BCUT2D eigenvalue weighted by Crippen LogP contribution is -2.14. The Bertz CT molecular complexity index is 563. The van der Waals surface area contributed by atoms with E-state index < -0.39 is 0 Å². The minimum Gasteiger partial charge on any atom is -0.497 e. The van der Waals surface area contributed by atoms with Gasteiger partial charge in [-0.2, -0.15) is 0 Å². The van der Waals surface area contributed by atoms with Gasteiger partial charge in [0, 0.05) is 25.2 Å². The third-order valence-electron chi connectivity index (χ3n) is 3.07. The highest BCUT2D eigenvalue weighted by atomic mass is 35.5. The number of hydrogen-bond donors (Lipinski definition) is 1. The molecule has 1 aromatic carbocycles. The number of aromatic nitrogens is 1. The van der Waals surface area contributed by atoms with Gasteiger partial charge in [0.1, 0.15) is 11.6 Å². The van der Waals surface area contributed by atoms with Crippen molar-refractivity contribution < 1.29 is 9.47 Å². The van der Waals surface area contributed by atoms with Gasteiger partial charge in [0.15, 0.2) is 0 Å². The van der Waals surface area contributed by atoms with E-state index in [1.807, 2.05) is 24.3 Å². The maximum Gasteiger partial charge on any atom is 0.133 e. The number of nitrogens with zero attached hydrogens (tertiary/aromatic N) is 1. The van der Waals surface area contributed by atoms with E-state index in [0.717, 1.165) is 35.3 Å². The number of nitrogens with one attached hydrogen (secondary N) is 1. The molecule has 1 unspecified atom stereocenters. The number of rotatable bonds is 7. The van der Waals surface area contributed by atoms with Crippen LogP contribution < -0.4 is 10.1 Å². The fraction of sp³-hybridized carbons (Fsp3) is 0.400. The molecular weight excluding hydrogens is 276 g/mol. The largest absolute Gasteiger partial charge is 0.497 e. The molecule has 0 aliphatic heterocycles. The third-order valence-corrected chi connectivity index (χ3v) is 3.41. The molecule has 20 heavy (non-hydrogen) atoms. The van der Waals surface area contributed by atoms with Crippen LogP contribution in [-0.2, 0) is 4.74 Å². The van der Waals surface area contributed by atoms with E-state index in [0.29, 0.717) is 6.61 Å². The molecule has 4 nitrogen and oxygen atoms in total. The van der Waals surface area contributed by atoms with Crippen LogP contribution in [0.4, 0.5) is 5.82 Å². The number of halogens is 1. The molecule has 0 saturated carbocycles. The minimum atomic E-state index is 0.0163. The Morgan fingerprint density at radius 2 is 2.15 bits per heavy atom. The van der Waals surface area contributed by atoms with E-state index in [1.165, 1.54) is 0 Å². The summed E-state index contributed by atoms with van der Waals surface area (Å²) < 4.78 is 10.2. The lowest BCUT2D eigenvalue weighted by Gasteiger charge is -2.11. The predicted octanol–water partition coefficient (Wildman–Crippen LogP) is 3.30. The van der Waals surface area contributed by atoms with Crippen LogP contribution >= 0.6 is 11.6 Å². The Hall–Kier alpha value is -1.52. The molecule has 1 N–H and O–H groups in total. The SMILES string of the molecule is COCC(Cl)CCNc1nccc2cc(OC)ccc12. The summed E-state index contributed by atoms with van der Waals surface area (Å²) in [4.78, 5) is 4.38. The van der Waals surface area contributed by atoms with Gasteiger partial charge in [0.2, 0.25) is 0 Å². The molecule has 1 aromatic heterocycles. The average molecular weight is 295 g/mol. The molecule has 0 amide bonds. The van der Waals surface area contributed by atoms with E-state index in [4.69, 9.17) is 21.1 Å². The monoisotopic (exact) mass is 294 g/mol. The van der Waals surface area contributed by atoms with Gasteiger partial charge in [-0.15, -0.1) is 11.6 Å². The molecular formula is C15H19ClN2O2. The van der Waals surface area contributed by atoms with Crippen molar-refractivity contribution in [2.24, 2.45) is 0 Å². The first kappa shape index (κ1) is 14.9. The molecule has 0 spiro atoms. The quantitative estimate of drug-likeness (QED) is 0.796. The Morgan fingerprint density at radius 1 is 1.30 bits per heavy atom. The van der Waals surface area contributed by atoms with Gasteiger partial charge in [-0.05, 0) is 36.1 Å². The van der Waals surface area contributed by atoms with Crippen molar-refractivity contribution in [3.05, 3.63) is 30.5 Å². The number of benzene rings is 1. The second-order valence-electron chi connectivity index (χ2n) is 4.51. The van der Waals surface area contributed by atoms with E-state index in [1.54, 1.807) is 20.4 Å². The molecule has 1 heterocycles. The molecule has 0 saturated heterocycles. The van der Waals surface area contributed by atoms with Crippen LogP contribution in [-0.4, -0.2) is 37.7 Å². The van der Waals surface area contributed by atoms with E-state index in [9.17, 15) is 0 Å². The summed E-state index contributed by atoms with van der Waals surface area (Å²) in [5.41, 5.74) is 0. The van der Waals surface area contributed by atoms with Crippen LogP contribution in [0.2, 0.25) is 0 Å². The standard InChI is InChI=1S/C15H19ClN2O2/c1-19-10-12(16)6-8-18-15-14-4-3-13(20-2)9-11(14)5-7-17-15/h3-5,7,9,12H,6,8,10H2,1-2H3,(H,17,18). The third kappa shape index (κ3) is 3.74. The van der Waals surface area contributed by atoms with Crippen LogP contribution in [0.3, 0.4) is 0 Å². The van der Waals surface area contributed by atoms with Crippen LogP contribution in [0.5, 0.6) is 5.75 Å². The Kier molecular flexibility index (Phi) is 5.44. The zero-order chi connectivity index (χ0) is 14.4. The van der Waals surface area contributed by atoms with Crippen LogP contribution in [0, 0.1) is 0 Å². The highest BCUT2D eigenvalue weighted by molar-refractivity contribution is 6.20. The lowest BCUT2D eigenvalue weighted by atomic mass is 10.1. The first-order valence-electron chi connectivity index (χ1n) is 6.54. The zero-order valence-electron chi connectivity index (χ0n) is 11.7. The van der Waals surface area contributed by atoms with Gasteiger partial charge in [-0.25, -0.2) is 4.98 Å². The fourth-order valence-electron chi connectivity index (χ4n) is 2.04. The first-order valence-corrected chi connectivity index (χ1v) is 6.98. The highest BCUT2D eigenvalue weighted by Crippen LogP contribution is 2.25. The molecule has 0 aliphatic carbocycles. The van der Waals surface area contributed by atoms with Crippen molar-refractivity contribution in [1.82, 2.24) is 4.98 Å². The number of hydrogen-bond acceptors (Lipinski definition) is 4. The second kappa shape index (κ2) is 7.31. The lowest BCUT2D eigenvalue weighted by molar-refractivity contribution is 0.196. The average Bonchev–Trinajstić information content (AvgIpc) is 2.47. The van der Waals surface area contributed by atoms with Gasteiger partial charge in [0.25, 0.3) is 0 Å². The number of anilines is 1. The van der Waals surface area contributed by atoms with Gasteiger partial charge >= 0.3 is 0 Å². The number of alkyl halides is 1. The predicted molar refractivity (Wildman–Crippen MR) is 82.9 cm³/mol. The molecule has 2 rings (SSSR count). The van der Waals surface area contributed by atoms with E-state index in [-0.39, 0.29) is 5.38 Å². The molecule has 0 aliphatic rings. The molecule has 0 fully saturated rings. The topological polar surface area (TPSA) is 43.4 Å². The number of ether oxygens (including phenoxy) is 2. The van der Waals surface area contributed by atoms with Gasteiger partial charge < -0.3 is 14.8 Å². The maximum atomic E-state index is 6.10. The second-order valence-corrected chi connectivity index (χ2v) is 5.13. The van der Waals surface area contributed by atoms with Crippen molar-refractivity contribution >= 4 is 28.2 Å². The smallest absolute Gasteiger partial charge is 0.133 e. The summed E-state index contributed by atoms with van der Waals surface area (Å²) in [6, 6.07) is 7.91. The summed E-state index contributed by atoms with van der Waals surface area (Å²) in [6.45, 7) is 1.32. The van der Waals surface area contributed by atoms with Crippen LogP contribution in [0.1, 0.15) is 6.42 Å². The molecule has 2 aromatic rings. The maximum absolute atomic E-state index is 6.10.